The second-order valence-electron chi connectivity index (χ2n) is 5.79. The van der Waals surface area contributed by atoms with Gasteiger partial charge in [-0.3, -0.25) is 9.78 Å². The van der Waals surface area contributed by atoms with Gasteiger partial charge in [0.1, 0.15) is 0 Å². The van der Waals surface area contributed by atoms with E-state index in [-0.39, 0.29) is 5.78 Å². The minimum absolute atomic E-state index is 0.283. The molecule has 2 heteroatoms. The molecule has 0 amide bonds. The fraction of sp³-hybridized carbons (Fsp3) is 0.300. The van der Waals surface area contributed by atoms with E-state index >= 15 is 0 Å². The van der Waals surface area contributed by atoms with Gasteiger partial charge < -0.3 is 0 Å². The molecule has 0 fully saturated rings. The fourth-order valence-corrected chi connectivity index (χ4v) is 2.82. The number of hydrogen-bond acceptors (Lipinski definition) is 2. The number of fused-ring (bicyclic) bond motifs is 1. The van der Waals surface area contributed by atoms with Crippen LogP contribution in [0.15, 0.2) is 42.6 Å². The number of benzene rings is 1. The monoisotopic (exact) mass is 291 g/mol. The first kappa shape index (κ1) is 14.7. The number of pyridine rings is 1. The Morgan fingerprint density at radius 2 is 2.09 bits per heavy atom. The average Bonchev–Trinajstić information content (AvgIpc) is 2.93. The third-order valence-electron chi connectivity index (χ3n) is 4.23. The van der Waals surface area contributed by atoms with E-state index in [0.717, 1.165) is 42.5 Å². The normalized spacial score (nSPS) is 13.8. The SMILES string of the molecule is CCc1ccc(CCC=Cc2ccc3c(c2)C(=O)CC3)nc1. The Morgan fingerprint density at radius 1 is 1.18 bits per heavy atom. The quantitative estimate of drug-likeness (QED) is 0.816. The molecule has 1 aromatic heterocycles. The van der Waals surface area contributed by atoms with Crippen molar-refractivity contribution in [2.45, 2.75) is 39.0 Å². The van der Waals surface area contributed by atoms with Crippen LogP contribution in [-0.2, 0) is 19.3 Å². The Balaban J connectivity index is 1.58. The van der Waals surface area contributed by atoms with Crippen molar-refractivity contribution in [1.29, 1.82) is 0 Å². The molecule has 112 valence electrons. The molecule has 0 aliphatic heterocycles. The summed E-state index contributed by atoms with van der Waals surface area (Å²) in [7, 11) is 0. The topological polar surface area (TPSA) is 30.0 Å². The minimum Gasteiger partial charge on any atom is -0.294 e. The van der Waals surface area contributed by atoms with Crippen LogP contribution in [0.1, 0.15) is 52.5 Å². The first-order chi connectivity index (χ1) is 10.8. The summed E-state index contributed by atoms with van der Waals surface area (Å²) < 4.78 is 0. The lowest BCUT2D eigenvalue weighted by Crippen LogP contribution is -1.92. The molecular formula is C20H21NO. The lowest BCUT2D eigenvalue weighted by Gasteiger charge is -2.01. The molecule has 3 rings (SSSR count). The molecule has 1 aliphatic rings. The molecule has 0 atom stereocenters. The van der Waals surface area contributed by atoms with Crippen molar-refractivity contribution in [2.24, 2.45) is 0 Å². The van der Waals surface area contributed by atoms with E-state index in [1.54, 1.807) is 0 Å². The van der Waals surface area contributed by atoms with Crippen LogP contribution in [0.2, 0.25) is 0 Å². The maximum Gasteiger partial charge on any atom is 0.163 e. The minimum atomic E-state index is 0.283. The lowest BCUT2D eigenvalue weighted by atomic mass is 10.1. The van der Waals surface area contributed by atoms with E-state index in [4.69, 9.17) is 0 Å². The van der Waals surface area contributed by atoms with E-state index in [0.29, 0.717) is 6.42 Å². The summed E-state index contributed by atoms with van der Waals surface area (Å²) in [5.41, 5.74) is 5.64. The number of Topliss-reactive ketones (excluding diaryl/α,β-unsaturated/α-hetero) is 1. The first-order valence-corrected chi connectivity index (χ1v) is 8.02. The summed E-state index contributed by atoms with van der Waals surface area (Å²) in [6, 6.07) is 10.5. The highest BCUT2D eigenvalue weighted by molar-refractivity contribution is 6.00. The van der Waals surface area contributed by atoms with Crippen LogP contribution in [0, 0.1) is 0 Å². The van der Waals surface area contributed by atoms with Gasteiger partial charge in [-0.15, -0.1) is 0 Å². The van der Waals surface area contributed by atoms with Crippen molar-refractivity contribution in [3.63, 3.8) is 0 Å². The first-order valence-electron chi connectivity index (χ1n) is 8.02. The van der Waals surface area contributed by atoms with E-state index in [9.17, 15) is 4.79 Å². The van der Waals surface area contributed by atoms with Crippen molar-refractivity contribution in [3.05, 3.63) is 70.6 Å². The standard InChI is InChI=1S/C20H21NO/c1-2-15-8-11-18(21-14-15)6-4-3-5-16-7-9-17-10-12-20(22)19(17)13-16/h3,5,7-9,11,13-14H,2,4,6,10,12H2,1H3. The Morgan fingerprint density at radius 3 is 2.86 bits per heavy atom. The summed E-state index contributed by atoms with van der Waals surface area (Å²) in [6.07, 6.45) is 10.7. The van der Waals surface area contributed by atoms with Gasteiger partial charge in [0.15, 0.2) is 5.78 Å². The van der Waals surface area contributed by atoms with Gasteiger partial charge in [-0.05, 0) is 54.5 Å². The molecule has 0 unspecified atom stereocenters. The largest absolute Gasteiger partial charge is 0.294 e. The summed E-state index contributed by atoms with van der Waals surface area (Å²) in [6.45, 7) is 2.14. The summed E-state index contributed by atoms with van der Waals surface area (Å²) >= 11 is 0. The number of ketones is 1. The molecule has 1 aromatic carbocycles. The summed E-state index contributed by atoms with van der Waals surface area (Å²) in [5.74, 6) is 0.283. The number of allylic oxidation sites excluding steroid dienone is 1. The Hall–Kier alpha value is -2.22. The lowest BCUT2D eigenvalue weighted by molar-refractivity contribution is 0.0994. The van der Waals surface area contributed by atoms with Crippen LogP contribution >= 0.6 is 0 Å². The van der Waals surface area contributed by atoms with E-state index in [2.05, 4.69) is 48.3 Å². The molecule has 22 heavy (non-hydrogen) atoms. The van der Waals surface area contributed by atoms with Crippen LogP contribution < -0.4 is 0 Å². The number of nitrogens with zero attached hydrogens (tertiary/aromatic N) is 1. The average molecular weight is 291 g/mol. The molecule has 1 heterocycles. The summed E-state index contributed by atoms with van der Waals surface area (Å²) in [5, 5.41) is 0. The molecule has 0 saturated carbocycles. The predicted octanol–water partition coefficient (Wildman–Crippen LogP) is 4.42. The zero-order chi connectivity index (χ0) is 15.4. The van der Waals surface area contributed by atoms with Gasteiger partial charge in [0.05, 0.1) is 0 Å². The van der Waals surface area contributed by atoms with Gasteiger partial charge in [0, 0.05) is 23.9 Å². The van der Waals surface area contributed by atoms with Gasteiger partial charge in [-0.1, -0.05) is 37.3 Å². The molecule has 0 bridgehead atoms. The van der Waals surface area contributed by atoms with E-state index < -0.39 is 0 Å². The Labute approximate surface area is 131 Å². The molecule has 0 radical (unpaired) electrons. The maximum atomic E-state index is 11.8. The van der Waals surface area contributed by atoms with Crippen LogP contribution in [0.25, 0.3) is 6.08 Å². The van der Waals surface area contributed by atoms with Gasteiger partial charge in [0.2, 0.25) is 0 Å². The second kappa shape index (κ2) is 6.69. The third kappa shape index (κ3) is 3.33. The van der Waals surface area contributed by atoms with Crippen LogP contribution in [0.3, 0.4) is 0 Å². The third-order valence-corrected chi connectivity index (χ3v) is 4.23. The van der Waals surface area contributed by atoms with E-state index in [1.165, 1.54) is 11.1 Å². The highest BCUT2D eigenvalue weighted by Gasteiger charge is 2.18. The van der Waals surface area contributed by atoms with Crippen LogP contribution in [0.5, 0.6) is 0 Å². The van der Waals surface area contributed by atoms with Crippen molar-refractivity contribution in [3.8, 4) is 0 Å². The highest BCUT2D eigenvalue weighted by Crippen LogP contribution is 2.23. The van der Waals surface area contributed by atoms with Gasteiger partial charge >= 0.3 is 0 Å². The maximum absolute atomic E-state index is 11.8. The number of carbonyl (C=O) groups excluding carboxylic acids is 1. The van der Waals surface area contributed by atoms with Crippen molar-refractivity contribution >= 4 is 11.9 Å². The number of carbonyl (C=O) groups is 1. The van der Waals surface area contributed by atoms with Crippen LogP contribution in [0.4, 0.5) is 0 Å². The molecular weight excluding hydrogens is 270 g/mol. The Kier molecular flexibility index (Phi) is 4.47. The molecule has 0 saturated heterocycles. The summed E-state index contributed by atoms with van der Waals surface area (Å²) in [4.78, 5) is 16.2. The van der Waals surface area contributed by atoms with E-state index in [1.807, 2.05) is 12.3 Å². The molecule has 0 N–H and O–H groups in total. The predicted molar refractivity (Wildman–Crippen MR) is 90.1 cm³/mol. The molecule has 2 aromatic rings. The number of rotatable bonds is 5. The number of hydrogen-bond donors (Lipinski definition) is 0. The molecule has 2 nitrogen and oxygen atoms in total. The smallest absolute Gasteiger partial charge is 0.163 e. The fourth-order valence-electron chi connectivity index (χ4n) is 2.82. The number of aromatic nitrogens is 1. The van der Waals surface area contributed by atoms with Gasteiger partial charge in [-0.25, -0.2) is 0 Å². The molecule has 0 spiro atoms. The van der Waals surface area contributed by atoms with Gasteiger partial charge in [-0.2, -0.15) is 0 Å². The van der Waals surface area contributed by atoms with Crippen molar-refractivity contribution in [1.82, 2.24) is 4.98 Å². The second-order valence-corrected chi connectivity index (χ2v) is 5.79. The van der Waals surface area contributed by atoms with Gasteiger partial charge in [0.25, 0.3) is 0 Å². The van der Waals surface area contributed by atoms with Crippen molar-refractivity contribution < 1.29 is 4.79 Å². The Bertz CT molecular complexity index is 698. The molecule has 1 aliphatic carbocycles. The zero-order valence-corrected chi connectivity index (χ0v) is 13.0. The highest BCUT2D eigenvalue weighted by atomic mass is 16.1. The number of aryl methyl sites for hydroxylation is 3. The van der Waals surface area contributed by atoms with Crippen molar-refractivity contribution in [2.75, 3.05) is 0 Å². The zero-order valence-electron chi connectivity index (χ0n) is 13.0. The van der Waals surface area contributed by atoms with Crippen LogP contribution in [-0.4, -0.2) is 10.8 Å².